The lowest BCUT2D eigenvalue weighted by molar-refractivity contribution is 0.0599. The molecule has 4 nitrogen and oxygen atoms in total. The number of rotatable bonds is 3. The summed E-state index contributed by atoms with van der Waals surface area (Å²) in [6.45, 7) is 3.35. The van der Waals surface area contributed by atoms with Crippen molar-refractivity contribution in [3.05, 3.63) is 23.2 Å². The normalized spacial score (nSPS) is 12.6. The second-order valence-electron chi connectivity index (χ2n) is 3.23. The second-order valence-corrected chi connectivity index (χ2v) is 3.23. The molecule has 0 unspecified atom stereocenters. The van der Waals surface area contributed by atoms with Gasteiger partial charge in [0.1, 0.15) is 17.1 Å². The monoisotopic (exact) mass is 198 g/mol. The molecule has 0 aliphatic rings. The van der Waals surface area contributed by atoms with Crippen LogP contribution in [-0.2, 0) is 11.2 Å². The van der Waals surface area contributed by atoms with Crippen molar-refractivity contribution in [1.29, 1.82) is 0 Å². The van der Waals surface area contributed by atoms with Gasteiger partial charge in [-0.25, -0.2) is 4.79 Å². The largest absolute Gasteiger partial charge is 0.465 e. The molecule has 0 aliphatic carbocycles. The van der Waals surface area contributed by atoms with Crippen LogP contribution in [0.3, 0.4) is 0 Å². The molecule has 0 aromatic carbocycles. The number of hydrogen-bond acceptors (Lipinski definition) is 4. The molecule has 0 aliphatic heterocycles. The Morgan fingerprint density at radius 3 is 2.86 bits per heavy atom. The summed E-state index contributed by atoms with van der Waals surface area (Å²) in [5, 5.41) is 9.13. The third-order valence-corrected chi connectivity index (χ3v) is 1.87. The lowest BCUT2D eigenvalue weighted by Crippen LogP contribution is -2.03. The maximum atomic E-state index is 11.2. The molecule has 1 rings (SSSR count). The number of aryl methyl sites for hydroxylation is 1. The Bertz CT molecular complexity index is 325. The topological polar surface area (TPSA) is 59.7 Å². The number of carbonyl (C=O) groups is 1. The Balaban J connectivity index is 2.87. The first-order valence-electron chi connectivity index (χ1n) is 4.40. The van der Waals surface area contributed by atoms with Crippen LogP contribution in [0.25, 0.3) is 0 Å². The van der Waals surface area contributed by atoms with Gasteiger partial charge >= 0.3 is 5.97 Å². The fourth-order valence-corrected chi connectivity index (χ4v) is 1.25. The van der Waals surface area contributed by atoms with Crippen molar-refractivity contribution in [3.63, 3.8) is 0 Å². The third-order valence-electron chi connectivity index (χ3n) is 1.87. The molecule has 0 amide bonds. The van der Waals surface area contributed by atoms with Gasteiger partial charge in [-0.05, 0) is 19.9 Å². The number of methoxy groups -OCH3 is 1. The van der Waals surface area contributed by atoms with E-state index in [-0.39, 0.29) is 0 Å². The first-order chi connectivity index (χ1) is 6.54. The minimum atomic E-state index is -0.481. The van der Waals surface area contributed by atoms with Crippen LogP contribution in [0, 0.1) is 6.92 Å². The summed E-state index contributed by atoms with van der Waals surface area (Å²) in [5.74, 6) is 0.702. The summed E-state index contributed by atoms with van der Waals surface area (Å²) in [6, 6.07) is 1.61. The zero-order valence-corrected chi connectivity index (χ0v) is 8.53. The van der Waals surface area contributed by atoms with E-state index in [1.54, 1.807) is 19.9 Å². The van der Waals surface area contributed by atoms with Crippen LogP contribution >= 0.6 is 0 Å². The molecular weight excluding hydrogens is 184 g/mol. The molecular formula is C10H14O4. The average molecular weight is 198 g/mol. The van der Waals surface area contributed by atoms with Crippen molar-refractivity contribution in [2.24, 2.45) is 0 Å². The number of aliphatic hydroxyl groups is 1. The molecule has 1 aromatic rings. The molecule has 1 aromatic heterocycles. The quantitative estimate of drug-likeness (QED) is 0.743. The molecule has 0 spiro atoms. The highest BCUT2D eigenvalue weighted by molar-refractivity contribution is 5.90. The minimum absolute atomic E-state index is 0.401. The summed E-state index contributed by atoms with van der Waals surface area (Å²) in [5.41, 5.74) is 0.420. The van der Waals surface area contributed by atoms with Gasteiger partial charge in [-0.3, -0.25) is 0 Å². The Morgan fingerprint density at radius 1 is 1.71 bits per heavy atom. The highest BCUT2D eigenvalue weighted by Gasteiger charge is 2.15. The standard InChI is InChI=1S/C10H14O4/c1-6(11)4-8-5-9(7(2)14-8)10(12)13-3/h5-6,11H,4H2,1-3H3/t6-/m1/s1. The fourth-order valence-electron chi connectivity index (χ4n) is 1.25. The summed E-state index contributed by atoms with van der Waals surface area (Å²) < 4.78 is 9.86. The van der Waals surface area contributed by atoms with E-state index < -0.39 is 12.1 Å². The molecule has 1 N–H and O–H groups in total. The zero-order chi connectivity index (χ0) is 10.7. The number of aliphatic hydroxyl groups excluding tert-OH is 1. The number of carbonyl (C=O) groups excluding carboxylic acids is 1. The Morgan fingerprint density at radius 2 is 2.36 bits per heavy atom. The molecule has 0 saturated heterocycles. The van der Waals surface area contributed by atoms with Crippen LogP contribution in [0.5, 0.6) is 0 Å². The number of esters is 1. The first-order valence-corrected chi connectivity index (χ1v) is 4.40. The van der Waals surface area contributed by atoms with Gasteiger partial charge in [-0.1, -0.05) is 0 Å². The number of furan rings is 1. The molecule has 0 saturated carbocycles. The number of hydrogen-bond donors (Lipinski definition) is 1. The van der Waals surface area contributed by atoms with Crippen LogP contribution in [0.1, 0.15) is 28.8 Å². The van der Waals surface area contributed by atoms with E-state index in [4.69, 9.17) is 9.52 Å². The highest BCUT2D eigenvalue weighted by atomic mass is 16.5. The first kappa shape index (κ1) is 10.8. The van der Waals surface area contributed by atoms with E-state index in [1.165, 1.54) is 7.11 Å². The molecule has 14 heavy (non-hydrogen) atoms. The maximum Gasteiger partial charge on any atom is 0.341 e. The molecule has 1 atom stereocenters. The molecule has 0 bridgehead atoms. The van der Waals surface area contributed by atoms with Crippen LogP contribution in [-0.4, -0.2) is 24.3 Å². The molecule has 0 fully saturated rings. The van der Waals surface area contributed by atoms with Gasteiger partial charge in [0.05, 0.1) is 13.2 Å². The van der Waals surface area contributed by atoms with Gasteiger partial charge in [0.2, 0.25) is 0 Å². The van der Waals surface area contributed by atoms with E-state index in [2.05, 4.69) is 4.74 Å². The van der Waals surface area contributed by atoms with Crippen molar-refractivity contribution < 1.29 is 19.1 Å². The maximum absolute atomic E-state index is 11.2. The van der Waals surface area contributed by atoms with Crippen LogP contribution < -0.4 is 0 Å². The minimum Gasteiger partial charge on any atom is -0.465 e. The van der Waals surface area contributed by atoms with Crippen LogP contribution in [0.2, 0.25) is 0 Å². The fraction of sp³-hybridized carbons (Fsp3) is 0.500. The van der Waals surface area contributed by atoms with Crippen molar-refractivity contribution >= 4 is 5.97 Å². The third kappa shape index (κ3) is 2.35. The van der Waals surface area contributed by atoms with Gasteiger partial charge in [-0.2, -0.15) is 0 Å². The average Bonchev–Trinajstić information content (AvgIpc) is 2.44. The number of ether oxygens (including phenoxy) is 1. The lowest BCUT2D eigenvalue weighted by atomic mass is 10.2. The van der Waals surface area contributed by atoms with E-state index in [1.807, 2.05) is 0 Å². The Kier molecular flexibility index (Phi) is 3.30. The SMILES string of the molecule is COC(=O)c1cc(C[C@@H](C)O)oc1C. The van der Waals surface area contributed by atoms with E-state index in [9.17, 15) is 4.79 Å². The zero-order valence-electron chi connectivity index (χ0n) is 8.53. The van der Waals surface area contributed by atoms with Gasteiger partial charge in [-0.15, -0.1) is 0 Å². The predicted molar refractivity (Wildman–Crippen MR) is 50.2 cm³/mol. The molecule has 4 heteroatoms. The van der Waals surface area contributed by atoms with Crippen LogP contribution in [0.15, 0.2) is 10.5 Å². The van der Waals surface area contributed by atoms with E-state index in [0.29, 0.717) is 23.5 Å². The Labute approximate surface area is 82.5 Å². The molecule has 0 radical (unpaired) electrons. The summed E-state index contributed by atoms with van der Waals surface area (Å²) >= 11 is 0. The summed E-state index contributed by atoms with van der Waals surface area (Å²) in [6.07, 6.45) is -0.0799. The van der Waals surface area contributed by atoms with E-state index >= 15 is 0 Å². The van der Waals surface area contributed by atoms with Crippen molar-refractivity contribution in [3.8, 4) is 0 Å². The second kappa shape index (κ2) is 4.28. The van der Waals surface area contributed by atoms with Crippen LogP contribution in [0.4, 0.5) is 0 Å². The van der Waals surface area contributed by atoms with Crippen molar-refractivity contribution in [2.45, 2.75) is 26.4 Å². The molecule has 1 heterocycles. The lowest BCUT2D eigenvalue weighted by Gasteiger charge is -1.98. The smallest absolute Gasteiger partial charge is 0.341 e. The predicted octanol–water partition coefficient (Wildman–Crippen LogP) is 1.30. The van der Waals surface area contributed by atoms with Crippen molar-refractivity contribution in [2.75, 3.05) is 7.11 Å². The molecule has 78 valence electrons. The van der Waals surface area contributed by atoms with Crippen molar-refractivity contribution in [1.82, 2.24) is 0 Å². The van der Waals surface area contributed by atoms with E-state index in [0.717, 1.165) is 0 Å². The van der Waals surface area contributed by atoms with Gasteiger partial charge < -0.3 is 14.3 Å². The summed E-state index contributed by atoms with van der Waals surface area (Å²) in [7, 11) is 1.32. The van der Waals surface area contributed by atoms with Gasteiger partial charge in [0.15, 0.2) is 0 Å². The highest BCUT2D eigenvalue weighted by Crippen LogP contribution is 2.16. The summed E-state index contributed by atoms with van der Waals surface area (Å²) in [4.78, 5) is 11.2. The van der Waals surface area contributed by atoms with Gasteiger partial charge in [0, 0.05) is 6.42 Å². The van der Waals surface area contributed by atoms with Gasteiger partial charge in [0.25, 0.3) is 0 Å². The Hall–Kier alpha value is -1.29.